The zero-order chi connectivity index (χ0) is 19.8. The first-order valence-corrected chi connectivity index (χ1v) is 8.79. The van der Waals surface area contributed by atoms with Crippen molar-refractivity contribution in [3.8, 4) is 0 Å². The van der Waals surface area contributed by atoms with E-state index in [2.05, 4.69) is 9.97 Å². The number of rotatable bonds is 5. The van der Waals surface area contributed by atoms with Crippen LogP contribution in [0.3, 0.4) is 0 Å². The molecule has 10 nitrogen and oxygen atoms in total. The molecule has 0 aliphatic carbocycles. The van der Waals surface area contributed by atoms with Crippen LogP contribution in [-0.4, -0.2) is 59.5 Å². The molecule has 0 spiro atoms. The van der Waals surface area contributed by atoms with Gasteiger partial charge in [0.25, 0.3) is 0 Å². The highest BCUT2D eigenvalue weighted by Crippen LogP contribution is 2.30. The molecule has 4 rings (SSSR count). The molecule has 0 amide bonds. The zero-order valence-corrected chi connectivity index (χ0v) is 17.3. The Morgan fingerprint density at radius 1 is 1.21 bits per heavy atom. The van der Waals surface area contributed by atoms with Gasteiger partial charge < -0.3 is 24.9 Å². The van der Waals surface area contributed by atoms with Crippen molar-refractivity contribution >= 4 is 28.1 Å². The van der Waals surface area contributed by atoms with Gasteiger partial charge in [-0.15, -0.1) is 17.0 Å². The molecule has 156 valence electrons. The molecule has 1 saturated heterocycles. The van der Waals surface area contributed by atoms with Crippen molar-refractivity contribution in [1.82, 2.24) is 19.3 Å². The molecule has 3 aromatic rings. The predicted octanol–water partition coefficient (Wildman–Crippen LogP) is -0.161. The summed E-state index contributed by atoms with van der Waals surface area (Å²) in [6, 6.07) is 7.85. The summed E-state index contributed by atoms with van der Waals surface area (Å²) in [4.78, 5) is 14.1. The standard InChI is InChI=1S/C18H21N5O5.BrH/c1-10-3-2-4-11(5-10)7-27-23-9-21-17-13(16(23)19)20-8-22(17)18-15(26)14(25)12(6-24)28-18;/h2-5,8-9,12,14-15,18-19,24-26H,6-7H2,1H3;1H/t12-,14-,15-,18-;/m1./s1. The van der Waals surface area contributed by atoms with Gasteiger partial charge in [-0.2, -0.15) is 4.73 Å². The summed E-state index contributed by atoms with van der Waals surface area (Å²) in [5, 5.41) is 37.7. The van der Waals surface area contributed by atoms with Crippen LogP contribution in [0.25, 0.3) is 11.2 Å². The first kappa shape index (κ1) is 21.4. The number of aliphatic hydroxyl groups is 3. The molecule has 4 N–H and O–H groups in total. The van der Waals surface area contributed by atoms with Crippen molar-refractivity contribution in [2.75, 3.05) is 6.61 Å². The van der Waals surface area contributed by atoms with Crippen LogP contribution in [0.5, 0.6) is 0 Å². The number of halogens is 1. The number of hydrogen-bond acceptors (Lipinski definition) is 8. The van der Waals surface area contributed by atoms with Crippen molar-refractivity contribution in [3.63, 3.8) is 0 Å². The van der Waals surface area contributed by atoms with Crippen LogP contribution in [0.1, 0.15) is 17.4 Å². The first-order chi connectivity index (χ1) is 13.5. The molecule has 0 saturated carbocycles. The molecule has 1 fully saturated rings. The van der Waals surface area contributed by atoms with Crippen LogP contribution in [0, 0.1) is 12.3 Å². The first-order valence-electron chi connectivity index (χ1n) is 8.79. The number of aliphatic hydroxyl groups excluding tert-OH is 3. The molecule has 2 aromatic heterocycles. The Balaban J connectivity index is 0.00000240. The van der Waals surface area contributed by atoms with Crippen molar-refractivity contribution < 1.29 is 24.9 Å². The maximum Gasteiger partial charge on any atom is 0.192 e. The lowest BCUT2D eigenvalue weighted by molar-refractivity contribution is -0.0511. The van der Waals surface area contributed by atoms with E-state index in [0.29, 0.717) is 5.65 Å². The summed E-state index contributed by atoms with van der Waals surface area (Å²) in [5.41, 5.74) is 2.62. The number of imidazole rings is 1. The smallest absolute Gasteiger partial charge is 0.192 e. The number of fused-ring (bicyclic) bond motifs is 1. The molecule has 4 atom stereocenters. The molecular weight excluding hydrogens is 446 g/mol. The van der Waals surface area contributed by atoms with Crippen LogP contribution in [0.4, 0.5) is 0 Å². The molecule has 11 heteroatoms. The Kier molecular flexibility index (Phi) is 6.34. The van der Waals surface area contributed by atoms with Gasteiger partial charge >= 0.3 is 0 Å². The summed E-state index contributed by atoms with van der Waals surface area (Å²) in [5.74, 6) is 0. The SMILES string of the molecule is Br.Cc1cccc(COn2cnc3c(ncn3[C@@H]3O[C@H](CO)[C@@H](O)[C@H]3O)c2=N)c1. The molecule has 0 unspecified atom stereocenters. The lowest BCUT2D eigenvalue weighted by Gasteiger charge is -2.16. The summed E-state index contributed by atoms with van der Waals surface area (Å²) in [6.07, 6.45) is -1.63. The predicted molar refractivity (Wildman–Crippen MR) is 106 cm³/mol. The van der Waals surface area contributed by atoms with E-state index in [1.165, 1.54) is 22.0 Å². The zero-order valence-electron chi connectivity index (χ0n) is 15.5. The molecule has 29 heavy (non-hydrogen) atoms. The molecule has 1 aliphatic rings. The summed E-state index contributed by atoms with van der Waals surface area (Å²) in [7, 11) is 0. The molecular formula is C18H22BrN5O5. The number of nitrogens with one attached hydrogen (secondary N) is 1. The minimum atomic E-state index is -1.25. The van der Waals surface area contributed by atoms with Gasteiger partial charge in [0.05, 0.1) is 12.9 Å². The quantitative estimate of drug-likeness (QED) is 0.408. The Morgan fingerprint density at radius 3 is 2.69 bits per heavy atom. The second-order valence-corrected chi connectivity index (χ2v) is 6.73. The van der Waals surface area contributed by atoms with Gasteiger partial charge in [0.15, 0.2) is 22.9 Å². The van der Waals surface area contributed by atoms with E-state index < -0.39 is 31.1 Å². The average molecular weight is 468 g/mol. The fourth-order valence-corrected chi connectivity index (χ4v) is 3.26. The number of aryl methyl sites for hydroxylation is 1. The summed E-state index contributed by atoms with van der Waals surface area (Å²) < 4.78 is 8.16. The Morgan fingerprint density at radius 2 is 2.00 bits per heavy atom. The monoisotopic (exact) mass is 467 g/mol. The summed E-state index contributed by atoms with van der Waals surface area (Å²) in [6.45, 7) is 1.83. The topological polar surface area (TPSA) is 139 Å². The van der Waals surface area contributed by atoms with E-state index in [1.807, 2.05) is 31.2 Å². The third-order valence-corrected chi connectivity index (χ3v) is 4.74. The van der Waals surface area contributed by atoms with Crippen molar-refractivity contribution in [3.05, 3.63) is 53.5 Å². The third kappa shape index (κ3) is 3.91. The molecule has 3 heterocycles. The fourth-order valence-electron chi connectivity index (χ4n) is 3.26. The van der Waals surface area contributed by atoms with Crippen molar-refractivity contribution in [2.24, 2.45) is 0 Å². The largest absolute Gasteiger partial charge is 0.406 e. The summed E-state index contributed by atoms with van der Waals surface area (Å²) >= 11 is 0. The fraction of sp³-hybridized carbons (Fsp3) is 0.389. The van der Waals surface area contributed by atoms with E-state index in [1.54, 1.807) is 0 Å². The van der Waals surface area contributed by atoms with Crippen LogP contribution in [0.2, 0.25) is 0 Å². The second kappa shape index (κ2) is 8.59. The van der Waals surface area contributed by atoms with E-state index in [0.717, 1.165) is 11.1 Å². The second-order valence-electron chi connectivity index (χ2n) is 6.73. The van der Waals surface area contributed by atoms with Crippen molar-refractivity contribution in [2.45, 2.75) is 38.1 Å². The van der Waals surface area contributed by atoms with Gasteiger partial charge in [0, 0.05) is 0 Å². The number of hydrogen-bond donors (Lipinski definition) is 4. The molecule has 1 aromatic carbocycles. The highest BCUT2D eigenvalue weighted by molar-refractivity contribution is 8.93. The lowest BCUT2D eigenvalue weighted by Crippen LogP contribution is -2.33. The van der Waals surface area contributed by atoms with Gasteiger partial charge in [-0.05, 0) is 12.5 Å². The average Bonchev–Trinajstić information content (AvgIpc) is 3.23. The number of nitrogens with zero attached hydrogens (tertiary/aromatic N) is 4. The van der Waals surface area contributed by atoms with Crippen LogP contribution in [0.15, 0.2) is 36.9 Å². The van der Waals surface area contributed by atoms with Crippen molar-refractivity contribution in [1.29, 1.82) is 5.41 Å². The van der Waals surface area contributed by atoms with E-state index in [4.69, 9.17) is 15.0 Å². The van der Waals surface area contributed by atoms with Gasteiger partial charge in [-0.1, -0.05) is 29.8 Å². The third-order valence-electron chi connectivity index (χ3n) is 4.74. The van der Waals surface area contributed by atoms with Gasteiger partial charge in [0.2, 0.25) is 0 Å². The minimum Gasteiger partial charge on any atom is -0.406 e. The van der Waals surface area contributed by atoms with Gasteiger partial charge in [-0.3, -0.25) is 9.98 Å². The number of aromatic nitrogens is 4. The van der Waals surface area contributed by atoms with E-state index >= 15 is 0 Å². The van der Waals surface area contributed by atoms with Crippen LogP contribution >= 0.6 is 17.0 Å². The molecule has 0 bridgehead atoms. The lowest BCUT2D eigenvalue weighted by atomic mass is 10.1. The van der Waals surface area contributed by atoms with Gasteiger partial charge in [-0.25, -0.2) is 9.97 Å². The Labute approximate surface area is 176 Å². The normalized spacial score (nSPS) is 23.9. The maximum atomic E-state index is 10.2. The minimum absolute atomic E-state index is 0. The van der Waals surface area contributed by atoms with Gasteiger partial charge in [0.1, 0.15) is 31.2 Å². The number of ether oxygens (including phenoxy) is 1. The Hall–Kier alpha value is -2.31. The van der Waals surface area contributed by atoms with Crippen LogP contribution in [-0.2, 0) is 11.3 Å². The maximum absolute atomic E-state index is 10.2. The van der Waals surface area contributed by atoms with E-state index in [9.17, 15) is 15.3 Å². The highest BCUT2D eigenvalue weighted by Gasteiger charge is 2.43. The van der Waals surface area contributed by atoms with E-state index in [-0.39, 0.29) is 34.6 Å². The molecule has 0 radical (unpaired) electrons. The highest BCUT2D eigenvalue weighted by atomic mass is 79.9. The number of benzene rings is 1. The molecule has 1 aliphatic heterocycles. The Bertz CT molecular complexity index is 1050. The van der Waals surface area contributed by atoms with Crippen LogP contribution < -0.4 is 10.3 Å².